The van der Waals surface area contributed by atoms with Gasteiger partial charge in [-0.15, -0.1) is 0 Å². The zero-order chi connectivity index (χ0) is 26.9. The number of nitrogens with zero attached hydrogens (tertiary/aromatic N) is 2. The second kappa shape index (κ2) is 10.3. The molecule has 0 unspecified atom stereocenters. The van der Waals surface area contributed by atoms with Crippen molar-refractivity contribution in [1.29, 1.82) is 0 Å². The molecule has 38 heavy (non-hydrogen) atoms. The minimum atomic E-state index is -0.666. The first-order valence-corrected chi connectivity index (χ1v) is 12.3. The minimum Gasteiger partial charge on any atom is -0.345 e. The highest BCUT2D eigenvalue weighted by Crippen LogP contribution is 2.40. The predicted molar refractivity (Wildman–Crippen MR) is 138 cm³/mol. The maximum atomic E-state index is 14.6. The SMILES string of the molecule is C=CC(=O)NC1(CONc2cc(-c3cc(F)cc(NC(=O)c4ccc(C5CC5)cc4F)c3C)ncn2)CC1. The van der Waals surface area contributed by atoms with Gasteiger partial charge in [-0.05, 0) is 80.0 Å². The average molecular weight is 520 g/mol. The van der Waals surface area contributed by atoms with Gasteiger partial charge in [0.2, 0.25) is 5.91 Å². The lowest BCUT2D eigenvalue weighted by Crippen LogP contribution is -2.40. The molecule has 2 fully saturated rings. The largest absolute Gasteiger partial charge is 0.345 e. The van der Waals surface area contributed by atoms with Crippen LogP contribution in [-0.2, 0) is 9.63 Å². The third-order valence-electron chi connectivity index (χ3n) is 6.80. The van der Waals surface area contributed by atoms with Crippen LogP contribution >= 0.6 is 0 Å². The van der Waals surface area contributed by atoms with Crippen molar-refractivity contribution >= 4 is 23.3 Å². The maximum Gasteiger partial charge on any atom is 0.258 e. The molecular weight excluding hydrogens is 492 g/mol. The molecule has 1 aromatic heterocycles. The van der Waals surface area contributed by atoms with Crippen molar-refractivity contribution in [2.45, 2.75) is 44.1 Å². The molecule has 10 heteroatoms. The fourth-order valence-electron chi connectivity index (χ4n) is 4.23. The van der Waals surface area contributed by atoms with E-state index < -0.39 is 23.1 Å². The number of hydrogen-bond donors (Lipinski definition) is 3. The molecule has 2 aromatic carbocycles. The summed E-state index contributed by atoms with van der Waals surface area (Å²) in [5.41, 5.74) is 4.64. The van der Waals surface area contributed by atoms with Gasteiger partial charge in [-0.2, -0.15) is 0 Å². The minimum absolute atomic E-state index is 0.108. The van der Waals surface area contributed by atoms with Crippen molar-refractivity contribution in [3.05, 3.63) is 83.7 Å². The first-order valence-electron chi connectivity index (χ1n) is 12.3. The lowest BCUT2D eigenvalue weighted by atomic mass is 10.0. The Labute approximate surface area is 218 Å². The van der Waals surface area contributed by atoms with E-state index >= 15 is 0 Å². The zero-order valence-electron chi connectivity index (χ0n) is 20.8. The summed E-state index contributed by atoms with van der Waals surface area (Å²) in [5.74, 6) is -1.44. The summed E-state index contributed by atoms with van der Waals surface area (Å²) in [6.07, 6.45) is 6.13. The van der Waals surface area contributed by atoms with E-state index in [4.69, 9.17) is 4.84 Å². The van der Waals surface area contributed by atoms with Gasteiger partial charge in [0.25, 0.3) is 5.91 Å². The van der Waals surface area contributed by atoms with E-state index in [0.717, 1.165) is 31.2 Å². The molecular formula is C28H27F2N5O3. The number of benzene rings is 2. The van der Waals surface area contributed by atoms with Crippen LogP contribution < -0.4 is 16.1 Å². The molecule has 0 radical (unpaired) electrons. The molecule has 0 atom stereocenters. The first kappa shape index (κ1) is 25.5. The molecule has 2 amide bonds. The number of amides is 2. The normalized spacial score (nSPS) is 15.4. The standard InChI is InChI=1S/C28H27F2N5O3/c1-3-26(36)34-28(8-9-28)14-38-35-25-13-24(31-15-32-25)21-11-19(29)12-23(16(21)2)33-27(37)20-7-6-18(10-22(20)30)17-4-5-17/h3,6-7,10-13,15,17H,1,4-5,8-9,14H2,2H3,(H,33,37)(H,34,36)(H,31,32,35). The van der Waals surface area contributed by atoms with Crippen LogP contribution in [0.4, 0.5) is 20.3 Å². The Morgan fingerprint density at radius 3 is 2.63 bits per heavy atom. The van der Waals surface area contributed by atoms with Gasteiger partial charge in [-0.3, -0.25) is 14.4 Å². The van der Waals surface area contributed by atoms with Crippen molar-refractivity contribution in [3.63, 3.8) is 0 Å². The van der Waals surface area contributed by atoms with Gasteiger partial charge in [0.05, 0.1) is 23.4 Å². The van der Waals surface area contributed by atoms with Crippen molar-refractivity contribution in [3.8, 4) is 11.3 Å². The zero-order valence-corrected chi connectivity index (χ0v) is 20.8. The summed E-state index contributed by atoms with van der Waals surface area (Å²) >= 11 is 0. The first-order chi connectivity index (χ1) is 18.3. The van der Waals surface area contributed by atoms with E-state index in [1.807, 2.05) is 0 Å². The Balaban J connectivity index is 1.29. The Hall–Kier alpha value is -4.18. The quantitative estimate of drug-likeness (QED) is 0.256. The molecule has 1 heterocycles. The Morgan fingerprint density at radius 2 is 1.95 bits per heavy atom. The van der Waals surface area contributed by atoms with Gasteiger partial charge < -0.3 is 10.6 Å². The van der Waals surface area contributed by atoms with Crippen molar-refractivity contribution in [2.75, 3.05) is 17.4 Å². The predicted octanol–water partition coefficient (Wildman–Crippen LogP) is 5.04. The molecule has 3 aromatic rings. The highest BCUT2D eigenvalue weighted by molar-refractivity contribution is 6.05. The summed E-state index contributed by atoms with van der Waals surface area (Å²) in [4.78, 5) is 38.3. The number of halogens is 2. The number of carbonyl (C=O) groups is 2. The van der Waals surface area contributed by atoms with Crippen LogP contribution in [0.15, 0.2) is 55.4 Å². The molecule has 5 rings (SSSR count). The van der Waals surface area contributed by atoms with E-state index in [2.05, 4.69) is 32.7 Å². The third-order valence-corrected chi connectivity index (χ3v) is 6.80. The van der Waals surface area contributed by atoms with Crippen LogP contribution in [0.3, 0.4) is 0 Å². The van der Waals surface area contributed by atoms with E-state index in [0.29, 0.717) is 28.6 Å². The number of nitrogens with one attached hydrogen (secondary N) is 3. The van der Waals surface area contributed by atoms with Crippen molar-refractivity contribution in [2.24, 2.45) is 0 Å². The van der Waals surface area contributed by atoms with Crippen LogP contribution in [0, 0.1) is 18.6 Å². The summed E-state index contributed by atoms with van der Waals surface area (Å²) in [6, 6.07) is 8.68. The Bertz CT molecular complexity index is 1420. The van der Waals surface area contributed by atoms with Crippen LogP contribution in [-0.4, -0.2) is 33.9 Å². The molecule has 3 N–H and O–H groups in total. The number of hydrogen-bond acceptors (Lipinski definition) is 6. The van der Waals surface area contributed by atoms with Crippen LogP contribution in [0.25, 0.3) is 11.3 Å². The monoisotopic (exact) mass is 519 g/mol. The molecule has 196 valence electrons. The third kappa shape index (κ3) is 5.70. The molecule has 0 spiro atoms. The summed E-state index contributed by atoms with van der Waals surface area (Å²) < 4.78 is 29.2. The highest BCUT2D eigenvalue weighted by atomic mass is 19.1. The molecule has 8 nitrogen and oxygen atoms in total. The van der Waals surface area contributed by atoms with Crippen molar-refractivity contribution < 1.29 is 23.2 Å². The molecule has 2 aliphatic rings. The number of aromatic nitrogens is 2. The number of anilines is 2. The van der Waals surface area contributed by atoms with E-state index in [1.165, 1.54) is 36.7 Å². The van der Waals surface area contributed by atoms with Crippen LogP contribution in [0.1, 0.15) is 53.1 Å². The van der Waals surface area contributed by atoms with E-state index in [-0.39, 0.29) is 23.8 Å². The molecule has 2 saturated carbocycles. The van der Waals surface area contributed by atoms with Gasteiger partial charge in [-0.25, -0.2) is 24.2 Å². The van der Waals surface area contributed by atoms with Gasteiger partial charge in [0.15, 0.2) is 5.82 Å². The average Bonchev–Trinajstić information content (AvgIpc) is 3.83. The molecule has 0 aliphatic heterocycles. The molecule has 0 saturated heterocycles. The topological polar surface area (TPSA) is 105 Å². The Kier molecular flexibility index (Phi) is 6.90. The summed E-state index contributed by atoms with van der Waals surface area (Å²) in [5, 5.41) is 5.48. The van der Waals surface area contributed by atoms with Crippen LogP contribution in [0.5, 0.6) is 0 Å². The molecule has 0 bridgehead atoms. The van der Waals surface area contributed by atoms with E-state index in [1.54, 1.807) is 19.1 Å². The van der Waals surface area contributed by atoms with Gasteiger partial charge in [-0.1, -0.05) is 12.6 Å². The smallest absolute Gasteiger partial charge is 0.258 e. The van der Waals surface area contributed by atoms with Gasteiger partial charge >= 0.3 is 0 Å². The van der Waals surface area contributed by atoms with Gasteiger partial charge in [0.1, 0.15) is 18.0 Å². The van der Waals surface area contributed by atoms with Crippen LogP contribution in [0.2, 0.25) is 0 Å². The lowest BCUT2D eigenvalue weighted by Gasteiger charge is -2.17. The summed E-state index contributed by atoms with van der Waals surface area (Å²) in [7, 11) is 0. The molecule has 2 aliphatic carbocycles. The Morgan fingerprint density at radius 1 is 1.16 bits per heavy atom. The second-order valence-electron chi connectivity index (χ2n) is 9.75. The fraction of sp³-hybridized carbons (Fsp3) is 0.286. The van der Waals surface area contributed by atoms with Gasteiger partial charge in [0, 0.05) is 17.3 Å². The maximum absolute atomic E-state index is 14.6. The lowest BCUT2D eigenvalue weighted by molar-refractivity contribution is -0.117. The highest BCUT2D eigenvalue weighted by Gasteiger charge is 2.44. The number of rotatable bonds is 10. The van der Waals surface area contributed by atoms with Crippen molar-refractivity contribution in [1.82, 2.24) is 15.3 Å². The summed E-state index contributed by atoms with van der Waals surface area (Å²) in [6.45, 7) is 5.38. The number of carbonyl (C=O) groups excluding carboxylic acids is 2. The van der Waals surface area contributed by atoms with E-state index in [9.17, 15) is 18.4 Å². The fourth-order valence-corrected chi connectivity index (χ4v) is 4.23. The second-order valence-corrected chi connectivity index (χ2v) is 9.75.